The average molecular weight is 544 g/mol. The smallest absolute Gasteiger partial charge is 0.326 e. The minimum atomic E-state index is -1.40. The molecule has 0 aromatic carbocycles. The van der Waals surface area contributed by atoms with Gasteiger partial charge in [-0.15, -0.1) is 0 Å². The first kappa shape index (κ1) is 31.4. The van der Waals surface area contributed by atoms with Crippen molar-refractivity contribution in [1.82, 2.24) is 25.9 Å². The third-order valence-electron chi connectivity index (χ3n) is 5.16. The van der Waals surface area contributed by atoms with Crippen LogP contribution >= 0.6 is 11.8 Å². The summed E-state index contributed by atoms with van der Waals surface area (Å²) in [7, 11) is 0. The highest BCUT2D eigenvalue weighted by Gasteiger charge is 2.30. The van der Waals surface area contributed by atoms with E-state index in [1.807, 2.05) is 0 Å². The molecular weight excluding hydrogens is 510 g/mol. The molecule has 1 heterocycles. The van der Waals surface area contributed by atoms with Gasteiger partial charge in [-0.05, 0) is 31.3 Å². The van der Waals surface area contributed by atoms with E-state index in [0.29, 0.717) is 11.4 Å². The fourth-order valence-corrected chi connectivity index (χ4v) is 3.58. The van der Waals surface area contributed by atoms with Crippen molar-refractivity contribution in [2.75, 3.05) is 12.0 Å². The first-order valence-corrected chi connectivity index (χ1v) is 12.7. The molecule has 0 saturated heterocycles. The van der Waals surface area contributed by atoms with Crippen LogP contribution in [0.5, 0.6) is 0 Å². The van der Waals surface area contributed by atoms with Crippen molar-refractivity contribution < 1.29 is 39.0 Å². The summed E-state index contributed by atoms with van der Waals surface area (Å²) in [5.41, 5.74) is 11.3. The molecule has 0 bridgehead atoms. The molecule has 0 aliphatic heterocycles. The predicted octanol–water partition coefficient (Wildman–Crippen LogP) is -2.30. The van der Waals surface area contributed by atoms with Crippen LogP contribution in [0.2, 0.25) is 0 Å². The Bertz CT molecular complexity index is 943. The largest absolute Gasteiger partial charge is 0.481 e. The van der Waals surface area contributed by atoms with Crippen LogP contribution in [-0.2, 0) is 35.2 Å². The molecule has 4 amide bonds. The molecule has 0 radical (unpaired) electrons. The van der Waals surface area contributed by atoms with E-state index >= 15 is 0 Å². The number of nitrogens with one attached hydrogen (secondary N) is 4. The van der Waals surface area contributed by atoms with Crippen molar-refractivity contribution in [3.05, 3.63) is 18.2 Å². The van der Waals surface area contributed by atoms with Crippen LogP contribution in [0.1, 0.15) is 37.8 Å². The number of H-pyrrole nitrogens is 1. The van der Waals surface area contributed by atoms with Gasteiger partial charge in [-0.1, -0.05) is 0 Å². The lowest BCUT2D eigenvalue weighted by Gasteiger charge is -2.25. The van der Waals surface area contributed by atoms with Crippen molar-refractivity contribution in [3.63, 3.8) is 0 Å². The third kappa shape index (κ3) is 12.2. The van der Waals surface area contributed by atoms with Crippen molar-refractivity contribution in [3.8, 4) is 0 Å². The minimum absolute atomic E-state index is 0.0452. The highest BCUT2D eigenvalue weighted by Crippen LogP contribution is 2.07. The van der Waals surface area contributed by atoms with Crippen molar-refractivity contribution in [2.45, 2.75) is 62.7 Å². The molecule has 0 spiro atoms. The Labute approximate surface area is 216 Å². The summed E-state index contributed by atoms with van der Waals surface area (Å²) in [6.45, 7) is 0. The summed E-state index contributed by atoms with van der Waals surface area (Å²) in [4.78, 5) is 78.5. The second-order valence-electron chi connectivity index (χ2n) is 8.13. The van der Waals surface area contributed by atoms with E-state index in [9.17, 15) is 33.9 Å². The number of rotatable bonds is 18. The number of hydrogen-bond acceptors (Lipinski definition) is 9. The van der Waals surface area contributed by atoms with Gasteiger partial charge in [0.1, 0.15) is 18.1 Å². The Balaban J connectivity index is 3.01. The second kappa shape index (κ2) is 16.2. The molecule has 206 valence electrons. The summed E-state index contributed by atoms with van der Waals surface area (Å²) in [5, 5.41) is 25.5. The molecule has 15 nitrogen and oxygen atoms in total. The lowest BCUT2D eigenvalue weighted by molar-refractivity contribution is -0.142. The number of aromatic amines is 1. The number of thioether (sulfide) groups is 1. The molecule has 16 heteroatoms. The van der Waals surface area contributed by atoms with Crippen LogP contribution in [0.25, 0.3) is 0 Å². The first-order chi connectivity index (χ1) is 17.4. The van der Waals surface area contributed by atoms with Gasteiger partial charge in [0.05, 0.1) is 12.4 Å². The monoisotopic (exact) mass is 543 g/mol. The number of primary amides is 1. The van der Waals surface area contributed by atoms with E-state index in [1.54, 1.807) is 6.26 Å². The molecule has 1 rings (SSSR count). The predicted molar refractivity (Wildman–Crippen MR) is 132 cm³/mol. The van der Waals surface area contributed by atoms with Crippen LogP contribution < -0.4 is 27.4 Å². The molecule has 4 atom stereocenters. The van der Waals surface area contributed by atoms with Gasteiger partial charge in [0.2, 0.25) is 23.6 Å². The van der Waals surface area contributed by atoms with Gasteiger partial charge in [0.25, 0.3) is 0 Å². The number of amides is 4. The van der Waals surface area contributed by atoms with Crippen molar-refractivity contribution >= 4 is 47.3 Å². The van der Waals surface area contributed by atoms with Gasteiger partial charge in [0.15, 0.2) is 0 Å². The number of carboxylic acid groups (broad SMARTS) is 2. The maximum Gasteiger partial charge on any atom is 0.326 e. The highest BCUT2D eigenvalue weighted by molar-refractivity contribution is 7.98. The zero-order valence-corrected chi connectivity index (χ0v) is 21.1. The maximum absolute atomic E-state index is 13.1. The fraction of sp³-hybridized carbons (Fsp3) is 0.571. The Hall–Kier alpha value is -3.66. The minimum Gasteiger partial charge on any atom is -0.481 e. The van der Waals surface area contributed by atoms with Crippen LogP contribution in [0.4, 0.5) is 0 Å². The maximum atomic E-state index is 13.1. The quantitative estimate of drug-likeness (QED) is 0.0976. The first-order valence-electron chi connectivity index (χ1n) is 11.3. The summed E-state index contributed by atoms with van der Waals surface area (Å²) < 4.78 is 0. The van der Waals surface area contributed by atoms with E-state index in [4.69, 9.17) is 16.6 Å². The van der Waals surface area contributed by atoms with Gasteiger partial charge in [-0.3, -0.25) is 24.0 Å². The molecule has 37 heavy (non-hydrogen) atoms. The van der Waals surface area contributed by atoms with Crippen LogP contribution in [0.3, 0.4) is 0 Å². The molecule has 4 unspecified atom stereocenters. The Morgan fingerprint density at radius 1 is 0.946 bits per heavy atom. The van der Waals surface area contributed by atoms with Crippen molar-refractivity contribution in [1.29, 1.82) is 0 Å². The Kier molecular flexibility index (Phi) is 13.7. The number of aliphatic carboxylic acids is 2. The van der Waals surface area contributed by atoms with E-state index in [-0.39, 0.29) is 38.5 Å². The molecule has 0 saturated carbocycles. The Morgan fingerprint density at radius 2 is 1.57 bits per heavy atom. The van der Waals surface area contributed by atoms with Crippen LogP contribution in [0, 0.1) is 0 Å². The molecule has 0 fully saturated rings. The zero-order chi connectivity index (χ0) is 28.0. The summed E-state index contributed by atoms with van der Waals surface area (Å²) in [5.74, 6) is -5.09. The number of nitrogens with zero attached hydrogens (tertiary/aromatic N) is 1. The van der Waals surface area contributed by atoms with Crippen molar-refractivity contribution in [2.24, 2.45) is 11.5 Å². The van der Waals surface area contributed by atoms with Gasteiger partial charge in [-0.25, -0.2) is 9.78 Å². The molecule has 1 aromatic rings. The van der Waals surface area contributed by atoms with E-state index in [0.717, 1.165) is 0 Å². The fourth-order valence-electron chi connectivity index (χ4n) is 3.11. The van der Waals surface area contributed by atoms with E-state index < -0.39 is 59.7 Å². The van der Waals surface area contributed by atoms with E-state index in [2.05, 4.69) is 25.9 Å². The summed E-state index contributed by atoms with van der Waals surface area (Å²) >= 11 is 1.39. The lowest BCUT2D eigenvalue weighted by atomic mass is 10.1. The SMILES string of the molecule is CSCCC(NC(=O)C(Cc1cnc[nH]1)NC(=O)C(N)CCC(=O)O)C(=O)NC(CCC(N)=O)C(=O)O. The number of carbonyl (C=O) groups excluding carboxylic acids is 4. The molecular formula is C21H33N7O8S. The number of aromatic nitrogens is 2. The second-order valence-corrected chi connectivity index (χ2v) is 9.11. The lowest BCUT2D eigenvalue weighted by Crippen LogP contribution is -2.57. The molecule has 0 aliphatic rings. The number of carbonyl (C=O) groups is 6. The Morgan fingerprint density at radius 3 is 2.11 bits per heavy atom. The van der Waals surface area contributed by atoms with Gasteiger partial charge in [0, 0.05) is 31.2 Å². The zero-order valence-electron chi connectivity index (χ0n) is 20.3. The van der Waals surface area contributed by atoms with Crippen LogP contribution in [0.15, 0.2) is 12.5 Å². The molecule has 10 N–H and O–H groups in total. The average Bonchev–Trinajstić information content (AvgIpc) is 3.34. The van der Waals surface area contributed by atoms with Gasteiger partial charge >= 0.3 is 11.9 Å². The standard InChI is InChI=1S/C21H33N7O8S/c1-37-7-6-13(19(33)27-14(21(35)36)3-4-16(23)29)26-20(34)15(8-11-9-24-10-25-11)28-18(32)12(22)2-5-17(30)31/h9-10,12-15H,2-8,22H2,1H3,(H2,23,29)(H,24,25)(H,26,34)(H,27,33)(H,28,32)(H,30,31)(H,35,36). The summed E-state index contributed by atoms with van der Waals surface area (Å²) in [6, 6.07) is -4.96. The normalized spacial score (nSPS) is 14.0. The summed E-state index contributed by atoms with van der Waals surface area (Å²) in [6.07, 6.45) is 3.70. The van der Waals surface area contributed by atoms with Gasteiger partial charge in [-0.2, -0.15) is 11.8 Å². The number of imidazole rings is 1. The molecule has 0 aliphatic carbocycles. The number of carboxylic acids is 2. The topological polar surface area (TPSA) is 260 Å². The van der Waals surface area contributed by atoms with Gasteiger partial charge < -0.3 is 42.6 Å². The molecule has 1 aromatic heterocycles. The highest BCUT2D eigenvalue weighted by atomic mass is 32.2. The number of nitrogens with two attached hydrogens (primary N) is 2. The number of hydrogen-bond donors (Lipinski definition) is 8. The van der Waals surface area contributed by atoms with Crippen LogP contribution in [-0.4, -0.2) is 91.9 Å². The van der Waals surface area contributed by atoms with E-state index in [1.165, 1.54) is 24.3 Å². The third-order valence-corrected chi connectivity index (χ3v) is 5.80.